The number of hydrogen-bond acceptors (Lipinski definition) is 3. The fourth-order valence-corrected chi connectivity index (χ4v) is 1.68. The van der Waals surface area contributed by atoms with Crippen molar-refractivity contribution < 1.29 is 13.2 Å². The third-order valence-corrected chi connectivity index (χ3v) is 2.10. The Morgan fingerprint density at radius 1 is 1.45 bits per heavy atom. The molecule has 1 rings (SSSR count). The summed E-state index contributed by atoms with van der Waals surface area (Å²) in [5.41, 5.74) is 0.791. The Hall–Kier alpha value is -0.840. The van der Waals surface area contributed by atoms with Gasteiger partial charge in [0.1, 0.15) is 0 Å². The molecule has 0 atom stereocenters. The van der Waals surface area contributed by atoms with E-state index in [0.29, 0.717) is 19.5 Å². The molecule has 1 aliphatic rings. The molecule has 5 heteroatoms. The Balaban J connectivity index is 2.56. The van der Waals surface area contributed by atoms with Crippen molar-refractivity contribution in [2.45, 2.75) is 0 Å². The Bertz CT molecular complexity index is 283. The van der Waals surface area contributed by atoms with Gasteiger partial charge in [0.25, 0.3) is 0 Å². The molecular formula is C6H9NO3S. The molecule has 11 heavy (non-hydrogen) atoms. The Labute approximate surface area is 65.4 Å². The van der Waals surface area contributed by atoms with E-state index in [2.05, 4.69) is 0 Å². The third kappa shape index (κ3) is 2.34. The summed E-state index contributed by atoms with van der Waals surface area (Å²) < 4.78 is 21.3. The Kier molecular flexibility index (Phi) is 1.99. The fourth-order valence-electron chi connectivity index (χ4n) is 0.927. The van der Waals surface area contributed by atoms with Gasteiger partial charge in [0, 0.05) is 24.8 Å². The largest absolute Gasteiger partial charge is 0.337 e. The minimum atomic E-state index is -3.02. The van der Waals surface area contributed by atoms with Crippen molar-refractivity contribution in [3.8, 4) is 0 Å². The lowest BCUT2D eigenvalue weighted by Crippen LogP contribution is -2.38. The van der Waals surface area contributed by atoms with Crippen LogP contribution >= 0.6 is 0 Å². The number of carbonyl (C=O) groups is 1. The van der Waals surface area contributed by atoms with Crippen molar-refractivity contribution in [2.24, 2.45) is 0 Å². The van der Waals surface area contributed by atoms with E-state index in [4.69, 9.17) is 0 Å². The maximum absolute atomic E-state index is 10.6. The zero-order valence-electron chi connectivity index (χ0n) is 6.15. The second-order valence-corrected chi connectivity index (χ2v) is 4.51. The van der Waals surface area contributed by atoms with Gasteiger partial charge in [-0.25, -0.2) is 8.42 Å². The van der Waals surface area contributed by atoms with Crippen LogP contribution in [-0.2, 0) is 14.6 Å². The number of rotatable bonds is 2. The van der Waals surface area contributed by atoms with Crippen molar-refractivity contribution in [2.75, 3.05) is 19.3 Å². The molecule has 0 radical (unpaired) electrons. The molecule has 4 nitrogen and oxygen atoms in total. The van der Waals surface area contributed by atoms with E-state index >= 15 is 0 Å². The lowest BCUT2D eigenvalue weighted by Gasteiger charge is -2.29. The SMILES string of the molecule is CS(=O)(=O)C=C1CN(C=O)C1. The molecule has 0 bridgehead atoms. The molecule has 1 amide bonds. The van der Waals surface area contributed by atoms with Crippen LogP contribution in [0.4, 0.5) is 0 Å². The summed E-state index contributed by atoms with van der Waals surface area (Å²) in [6, 6.07) is 0. The molecule has 0 saturated carbocycles. The van der Waals surface area contributed by atoms with Gasteiger partial charge in [0.2, 0.25) is 6.41 Å². The number of amides is 1. The van der Waals surface area contributed by atoms with Gasteiger partial charge in [-0.15, -0.1) is 0 Å². The second-order valence-electron chi connectivity index (χ2n) is 2.62. The number of carbonyl (C=O) groups excluding carboxylic acids is 1. The van der Waals surface area contributed by atoms with E-state index in [-0.39, 0.29) is 0 Å². The van der Waals surface area contributed by atoms with Crippen LogP contribution < -0.4 is 0 Å². The molecule has 1 fully saturated rings. The summed E-state index contributed by atoms with van der Waals surface area (Å²) in [6.45, 7) is 0.910. The van der Waals surface area contributed by atoms with Crippen LogP contribution in [0.1, 0.15) is 0 Å². The van der Waals surface area contributed by atoms with Crippen molar-refractivity contribution in [1.29, 1.82) is 0 Å². The summed E-state index contributed by atoms with van der Waals surface area (Å²) in [5, 5.41) is 1.22. The quantitative estimate of drug-likeness (QED) is 0.526. The average molecular weight is 175 g/mol. The normalized spacial score (nSPS) is 17.5. The molecule has 62 valence electrons. The van der Waals surface area contributed by atoms with Gasteiger partial charge in [-0.05, 0) is 5.57 Å². The van der Waals surface area contributed by atoms with E-state index in [9.17, 15) is 13.2 Å². The van der Waals surface area contributed by atoms with Gasteiger partial charge < -0.3 is 4.90 Å². The van der Waals surface area contributed by atoms with E-state index in [1.807, 2.05) is 0 Å². The first-order valence-electron chi connectivity index (χ1n) is 3.10. The van der Waals surface area contributed by atoms with E-state index in [1.54, 1.807) is 0 Å². The number of hydrogen-bond donors (Lipinski definition) is 0. The van der Waals surface area contributed by atoms with Gasteiger partial charge in [-0.2, -0.15) is 0 Å². The van der Waals surface area contributed by atoms with Crippen LogP contribution in [0, 0.1) is 0 Å². The monoisotopic (exact) mass is 175 g/mol. The minimum Gasteiger partial charge on any atom is -0.337 e. The van der Waals surface area contributed by atoms with Crippen LogP contribution in [0.15, 0.2) is 11.0 Å². The Morgan fingerprint density at radius 2 is 2.00 bits per heavy atom. The summed E-state index contributed by atoms with van der Waals surface area (Å²) in [5.74, 6) is 0. The van der Waals surface area contributed by atoms with Crippen LogP contribution in [0.25, 0.3) is 0 Å². The summed E-state index contributed by atoms with van der Waals surface area (Å²) in [4.78, 5) is 11.5. The van der Waals surface area contributed by atoms with Crippen molar-refractivity contribution in [1.82, 2.24) is 4.90 Å². The predicted octanol–water partition coefficient (Wildman–Crippen LogP) is -0.613. The third-order valence-electron chi connectivity index (χ3n) is 1.34. The van der Waals surface area contributed by atoms with Crippen LogP contribution in [0.3, 0.4) is 0 Å². The fraction of sp³-hybridized carbons (Fsp3) is 0.500. The van der Waals surface area contributed by atoms with E-state index < -0.39 is 9.84 Å². The Morgan fingerprint density at radius 3 is 2.36 bits per heavy atom. The van der Waals surface area contributed by atoms with Crippen LogP contribution in [-0.4, -0.2) is 39.1 Å². The van der Waals surface area contributed by atoms with Crippen LogP contribution in [0.5, 0.6) is 0 Å². The standard InChI is InChI=1S/C6H9NO3S/c1-11(9,10)4-6-2-7(3-6)5-8/h4-5H,2-3H2,1H3. The molecule has 1 saturated heterocycles. The van der Waals surface area contributed by atoms with Gasteiger partial charge in [-0.3, -0.25) is 4.79 Å². The molecule has 0 aromatic rings. The maximum atomic E-state index is 10.6. The highest BCUT2D eigenvalue weighted by Crippen LogP contribution is 2.12. The zero-order valence-corrected chi connectivity index (χ0v) is 6.97. The smallest absolute Gasteiger partial charge is 0.210 e. The topological polar surface area (TPSA) is 54.5 Å². The summed E-state index contributed by atoms with van der Waals surface area (Å²) in [7, 11) is -3.02. The first kappa shape index (κ1) is 8.26. The maximum Gasteiger partial charge on any atom is 0.210 e. The first-order valence-corrected chi connectivity index (χ1v) is 5.05. The zero-order chi connectivity index (χ0) is 8.48. The molecule has 0 aromatic carbocycles. The molecule has 0 N–H and O–H groups in total. The second kappa shape index (κ2) is 2.65. The van der Waals surface area contributed by atoms with Gasteiger partial charge in [0.05, 0.1) is 0 Å². The lowest BCUT2D eigenvalue weighted by molar-refractivity contribution is -0.119. The number of likely N-dealkylation sites (tertiary alicyclic amines) is 1. The molecule has 1 aliphatic heterocycles. The van der Waals surface area contributed by atoms with Gasteiger partial charge >= 0.3 is 0 Å². The van der Waals surface area contributed by atoms with E-state index in [1.165, 1.54) is 10.3 Å². The summed E-state index contributed by atoms with van der Waals surface area (Å²) >= 11 is 0. The molecule has 0 spiro atoms. The highest BCUT2D eigenvalue weighted by molar-refractivity contribution is 7.93. The molecule has 0 aromatic heterocycles. The van der Waals surface area contributed by atoms with Crippen molar-refractivity contribution >= 4 is 16.2 Å². The highest BCUT2D eigenvalue weighted by Gasteiger charge is 2.18. The first-order chi connectivity index (χ1) is 5.01. The van der Waals surface area contributed by atoms with Gasteiger partial charge in [-0.1, -0.05) is 0 Å². The van der Waals surface area contributed by atoms with Crippen molar-refractivity contribution in [3.63, 3.8) is 0 Å². The molecule has 0 unspecified atom stereocenters. The van der Waals surface area contributed by atoms with Crippen molar-refractivity contribution in [3.05, 3.63) is 11.0 Å². The lowest BCUT2D eigenvalue weighted by atomic mass is 10.1. The molecular weight excluding hydrogens is 166 g/mol. The van der Waals surface area contributed by atoms with Crippen LogP contribution in [0.2, 0.25) is 0 Å². The molecule has 1 heterocycles. The van der Waals surface area contributed by atoms with E-state index in [0.717, 1.165) is 11.8 Å². The van der Waals surface area contributed by atoms with Gasteiger partial charge in [0.15, 0.2) is 9.84 Å². The molecule has 0 aliphatic carbocycles. The number of nitrogens with zero attached hydrogens (tertiary/aromatic N) is 1. The average Bonchev–Trinajstić information content (AvgIpc) is 1.75. The predicted molar refractivity (Wildman–Crippen MR) is 40.6 cm³/mol. The summed E-state index contributed by atoms with van der Waals surface area (Å²) in [6.07, 6.45) is 1.85. The minimum absolute atomic E-state index is 0.455. The number of sulfone groups is 1. The highest BCUT2D eigenvalue weighted by atomic mass is 32.2.